The molecule has 1 aliphatic carbocycles. The van der Waals surface area contributed by atoms with Crippen molar-refractivity contribution < 1.29 is 19.3 Å². The van der Waals surface area contributed by atoms with E-state index in [2.05, 4.69) is 32.2 Å². The molecule has 3 N–H and O–H groups in total. The summed E-state index contributed by atoms with van der Waals surface area (Å²) in [6, 6.07) is 3.25. The zero-order valence-corrected chi connectivity index (χ0v) is 20.2. The molecule has 9 nitrogen and oxygen atoms in total. The number of rotatable bonds is 7. The summed E-state index contributed by atoms with van der Waals surface area (Å²) in [6.45, 7) is 3.22. The summed E-state index contributed by atoms with van der Waals surface area (Å²) >= 11 is 0. The molecule has 4 atom stereocenters. The standard InChI is InChI=1S/C25H31FN6O3/c1-25(13-17(25)19-10-14(4-5-27-19)20-23(35-3)29-7-6-28-20)24-30-21-16(22(34)31-24)11-15(12-18(21)26)32(2)8-9-33/h6-7,11-12,14,17,19,27,33H,4-5,8-10,13H2,1-3H3,(H,30,31,34). The van der Waals surface area contributed by atoms with Gasteiger partial charge in [-0.3, -0.25) is 4.98 Å². The summed E-state index contributed by atoms with van der Waals surface area (Å²) < 4.78 is 20.5. The van der Waals surface area contributed by atoms with Crippen molar-refractivity contribution in [1.82, 2.24) is 25.3 Å². The van der Waals surface area contributed by atoms with Crippen LogP contribution in [-0.2, 0) is 5.41 Å². The van der Waals surface area contributed by atoms with Crippen LogP contribution in [0.4, 0.5) is 10.1 Å². The molecule has 3 heterocycles. The van der Waals surface area contributed by atoms with Crippen LogP contribution < -0.4 is 15.0 Å². The minimum Gasteiger partial charge on any atom is -0.493 e. The van der Waals surface area contributed by atoms with Gasteiger partial charge in [0.2, 0.25) is 11.8 Å². The van der Waals surface area contributed by atoms with Crippen LogP contribution in [0.25, 0.3) is 10.9 Å². The number of halogens is 1. The molecule has 186 valence electrons. The van der Waals surface area contributed by atoms with Gasteiger partial charge in [-0.25, -0.2) is 14.4 Å². The number of ether oxygens (including phenoxy) is 1. The second-order valence-corrected chi connectivity index (χ2v) is 9.80. The predicted octanol–water partition coefficient (Wildman–Crippen LogP) is 2.52. The summed E-state index contributed by atoms with van der Waals surface area (Å²) in [4.78, 5) is 19.5. The number of nitrogens with zero attached hydrogens (tertiary/aromatic N) is 5. The zero-order valence-electron chi connectivity index (χ0n) is 20.2. The number of aromatic nitrogens is 4. The molecule has 4 unspecified atom stereocenters. The van der Waals surface area contributed by atoms with Crippen LogP contribution in [0.15, 0.2) is 24.5 Å². The molecule has 1 aromatic carbocycles. The Bertz CT molecular complexity index is 1240. The Morgan fingerprint density at radius 2 is 2.06 bits per heavy atom. The van der Waals surface area contributed by atoms with E-state index in [1.807, 2.05) is 0 Å². The molecule has 35 heavy (non-hydrogen) atoms. The Labute approximate surface area is 203 Å². The highest BCUT2D eigenvalue weighted by atomic mass is 19.1. The summed E-state index contributed by atoms with van der Waals surface area (Å²) in [5.74, 6) is 0.763. The first-order valence-corrected chi connectivity index (χ1v) is 12.0. The minimum absolute atomic E-state index is 0.0585. The molecule has 0 spiro atoms. The van der Waals surface area contributed by atoms with Gasteiger partial charge in [-0.1, -0.05) is 6.92 Å². The van der Waals surface area contributed by atoms with Crippen molar-refractivity contribution in [1.29, 1.82) is 0 Å². The number of fused-ring (bicyclic) bond motifs is 1. The number of likely N-dealkylation sites (N-methyl/N-ethyl adjacent to an activating group) is 1. The van der Waals surface area contributed by atoms with Crippen molar-refractivity contribution in [3.63, 3.8) is 0 Å². The third-order valence-electron chi connectivity index (χ3n) is 7.60. The van der Waals surface area contributed by atoms with E-state index >= 15 is 4.39 Å². The maximum absolute atomic E-state index is 15.1. The number of hydrogen-bond acceptors (Lipinski definition) is 9. The molecule has 5 rings (SSSR count). The molecular weight excluding hydrogens is 451 g/mol. The van der Waals surface area contributed by atoms with Crippen LogP contribution in [0.5, 0.6) is 11.8 Å². The smallest absolute Gasteiger partial charge is 0.235 e. The third-order valence-corrected chi connectivity index (χ3v) is 7.60. The Morgan fingerprint density at radius 1 is 1.26 bits per heavy atom. The van der Waals surface area contributed by atoms with E-state index in [1.54, 1.807) is 37.5 Å². The van der Waals surface area contributed by atoms with E-state index in [0.717, 1.165) is 31.5 Å². The highest BCUT2D eigenvalue weighted by Crippen LogP contribution is 2.57. The van der Waals surface area contributed by atoms with Crippen molar-refractivity contribution >= 4 is 16.6 Å². The molecule has 3 aromatic rings. The molecule has 0 amide bonds. The lowest BCUT2D eigenvalue weighted by atomic mass is 9.85. The quantitative estimate of drug-likeness (QED) is 0.467. The largest absolute Gasteiger partial charge is 0.493 e. The maximum atomic E-state index is 15.1. The van der Waals surface area contributed by atoms with E-state index in [0.29, 0.717) is 23.9 Å². The lowest BCUT2D eigenvalue weighted by molar-refractivity contribution is 0.304. The van der Waals surface area contributed by atoms with E-state index in [9.17, 15) is 10.2 Å². The monoisotopic (exact) mass is 482 g/mol. The van der Waals surface area contributed by atoms with Crippen LogP contribution >= 0.6 is 0 Å². The highest BCUT2D eigenvalue weighted by Gasteiger charge is 2.58. The Kier molecular flexibility index (Phi) is 6.18. The average Bonchev–Trinajstić information content (AvgIpc) is 3.57. The van der Waals surface area contributed by atoms with Crippen molar-refractivity contribution in [3.8, 4) is 11.8 Å². The molecule has 1 aliphatic heterocycles. The number of benzene rings is 1. The molecule has 0 radical (unpaired) electrons. The van der Waals surface area contributed by atoms with E-state index in [1.165, 1.54) is 6.07 Å². The lowest BCUT2D eigenvalue weighted by Gasteiger charge is -2.31. The predicted molar refractivity (Wildman–Crippen MR) is 129 cm³/mol. The van der Waals surface area contributed by atoms with Crippen molar-refractivity contribution in [3.05, 3.63) is 41.9 Å². The van der Waals surface area contributed by atoms with Gasteiger partial charge >= 0.3 is 0 Å². The number of nitrogens with one attached hydrogen (secondary N) is 1. The van der Waals surface area contributed by atoms with Crippen molar-refractivity contribution in [2.75, 3.05) is 38.8 Å². The molecule has 2 aromatic heterocycles. The number of methoxy groups -OCH3 is 1. The van der Waals surface area contributed by atoms with Gasteiger partial charge in [-0.2, -0.15) is 4.98 Å². The van der Waals surface area contributed by atoms with Crippen molar-refractivity contribution in [2.24, 2.45) is 5.92 Å². The van der Waals surface area contributed by atoms with Gasteiger partial charge in [0.15, 0.2) is 5.82 Å². The maximum Gasteiger partial charge on any atom is 0.235 e. The topological polar surface area (TPSA) is 117 Å². The first-order valence-electron chi connectivity index (χ1n) is 12.0. The normalized spacial score (nSPS) is 26.0. The number of aromatic hydroxyl groups is 1. The Morgan fingerprint density at radius 3 is 2.83 bits per heavy atom. The highest BCUT2D eigenvalue weighted by molar-refractivity contribution is 5.87. The van der Waals surface area contributed by atoms with Gasteiger partial charge in [0.1, 0.15) is 17.0 Å². The fourth-order valence-electron chi connectivity index (χ4n) is 5.44. The molecule has 2 fully saturated rings. The molecule has 1 saturated heterocycles. The van der Waals surface area contributed by atoms with E-state index in [-0.39, 0.29) is 46.7 Å². The van der Waals surface area contributed by atoms with E-state index < -0.39 is 5.82 Å². The SMILES string of the molecule is COc1nccnc1C1CCNC(C2CC2(C)c2nc(O)c3cc(N(C)CCO)cc(F)c3n2)C1. The van der Waals surface area contributed by atoms with Crippen molar-refractivity contribution in [2.45, 2.75) is 43.6 Å². The molecule has 0 bridgehead atoms. The summed E-state index contributed by atoms with van der Waals surface area (Å²) in [6.07, 6.45) is 6.00. The van der Waals surface area contributed by atoms with Gasteiger partial charge in [0.05, 0.1) is 19.1 Å². The summed E-state index contributed by atoms with van der Waals surface area (Å²) in [5, 5.41) is 23.8. The van der Waals surface area contributed by atoms with Crippen LogP contribution in [0.2, 0.25) is 0 Å². The van der Waals surface area contributed by atoms with Crippen LogP contribution in [0.1, 0.15) is 43.6 Å². The van der Waals surface area contributed by atoms with Crippen LogP contribution in [-0.4, -0.2) is 70.0 Å². The van der Waals surface area contributed by atoms with Crippen LogP contribution in [0, 0.1) is 11.7 Å². The van der Waals surface area contributed by atoms with E-state index in [4.69, 9.17) is 4.74 Å². The molecule has 10 heteroatoms. The number of piperidine rings is 1. The van der Waals surface area contributed by atoms with Gasteiger partial charge in [-0.05, 0) is 43.9 Å². The third kappa shape index (κ3) is 4.25. The molecule has 2 aliphatic rings. The van der Waals surface area contributed by atoms with Gasteiger partial charge < -0.3 is 25.2 Å². The van der Waals surface area contributed by atoms with Crippen LogP contribution in [0.3, 0.4) is 0 Å². The Balaban J connectivity index is 1.40. The van der Waals surface area contributed by atoms with Gasteiger partial charge in [-0.15, -0.1) is 0 Å². The lowest BCUT2D eigenvalue weighted by Crippen LogP contribution is -2.40. The second kappa shape index (κ2) is 9.16. The number of aliphatic hydroxyl groups is 1. The number of hydrogen-bond donors (Lipinski definition) is 3. The molecule has 1 saturated carbocycles. The number of aliphatic hydroxyl groups excluding tert-OH is 1. The fraction of sp³-hybridized carbons (Fsp3) is 0.520. The van der Waals surface area contributed by atoms with Gasteiger partial charge in [0.25, 0.3) is 0 Å². The molecular formula is C25H31FN6O3. The summed E-state index contributed by atoms with van der Waals surface area (Å²) in [7, 11) is 3.36. The number of anilines is 1. The minimum atomic E-state index is -0.521. The summed E-state index contributed by atoms with van der Waals surface area (Å²) in [5.41, 5.74) is 1.17. The first kappa shape index (κ1) is 23.6. The second-order valence-electron chi connectivity index (χ2n) is 9.80. The fourth-order valence-corrected chi connectivity index (χ4v) is 5.44. The Hall–Kier alpha value is -3.11. The average molecular weight is 483 g/mol. The zero-order chi connectivity index (χ0) is 24.7. The first-order chi connectivity index (χ1) is 16.9. The van der Waals surface area contributed by atoms with Gasteiger partial charge in [0, 0.05) is 49.0 Å².